The van der Waals surface area contributed by atoms with Crippen LogP contribution in [0.15, 0.2) is 52.1 Å². The minimum Gasteiger partial charge on any atom is -0.382 e. The van der Waals surface area contributed by atoms with E-state index in [1.165, 1.54) is 23.5 Å². The minimum absolute atomic E-state index is 0.00560. The van der Waals surface area contributed by atoms with Crippen LogP contribution in [0.25, 0.3) is 22.4 Å². The van der Waals surface area contributed by atoms with Gasteiger partial charge in [-0.25, -0.2) is 0 Å². The summed E-state index contributed by atoms with van der Waals surface area (Å²) in [5, 5.41) is 12.3. The third kappa shape index (κ3) is 4.76. The molecule has 0 amide bonds. The quantitative estimate of drug-likeness (QED) is 0.126. The van der Waals surface area contributed by atoms with Gasteiger partial charge in [0.05, 0.1) is 41.2 Å². The van der Waals surface area contributed by atoms with E-state index in [9.17, 15) is 19.7 Å². The molecule has 1 aliphatic heterocycles. The molecule has 0 bridgehead atoms. The van der Waals surface area contributed by atoms with Gasteiger partial charge in [-0.05, 0) is 24.6 Å². The van der Waals surface area contributed by atoms with E-state index in [0.717, 1.165) is 21.5 Å². The monoisotopic (exact) mass is 562 g/mol. The molecule has 0 saturated carbocycles. The number of methoxy groups -OCH3 is 1. The van der Waals surface area contributed by atoms with Gasteiger partial charge in [-0.15, -0.1) is 0 Å². The van der Waals surface area contributed by atoms with Crippen molar-refractivity contribution in [1.82, 2.24) is 0 Å². The molecule has 10 heteroatoms. The van der Waals surface area contributed by atoms with Gasteiger partial charge in [0.2, 0.25) is 16.4 Å². The number of para-hydroxylation sites is 1. The van der Waals surface area contributed by atoms with E-state index in [2.05, 4.69) is 30.9 Å². The first-order valence-electron chi connectivity index (χ1n) is 13.3. The zero-order valence-corrected chi connectivity index (χ0v) is 23.8. The number of rotatable bonds is 10. The number of aryl methyl sites for hydroxylation is 1. The van der Waals surface area contributed by atoms with Gasteiger partial charge in [0.1, 0.15) is 11.2 Å². The van der Waals surface area contributed by atoms with Gasteiger partial charge in [-0.1, -0.05) is 43.4 Å². The van der Waals surface area contributed by atoms with Gasteiger partial charge in [0.15, 0.2) is 0 Å². The second-order valence-electron chi connectivity index (χ2n) is 10.4. The summed E-state index contributed by atoms with van der Waals surface area (Å²) >= 11 is 1.33. The van der Waals surface area contributed by atoms with Gasteiger partial charge in [-0.3, -0.25) is 19.7 Å². The van der Waals surface area contributed by atoms with Crippen molar-refractivity contribution in [2.45, 2.75) is 38.8 Å². The van der Waals surface area contributed by atoms with E-state index >= 15 is 0 Å². The standard InChI is InChI=1S/C30H32N3O6S/c1-5-31-24-11-10-19(33(36)37)16-25(24)40-27(31)18-21-28(34)20(29(21)35)17-26-30(2,3)22-8-6-7-9-23(22)32(26)12-13-39-15-14-38-4/h6-11,16-18,26H,5,12-15H2,1-4H3/q+1. The summed E-state index contributed by atoms with van der Waals surface area (Å²) < 4.78 is 13.5. The topological polar surface area (TPSA) is 103 Å². The SMILES string of the molecule is CC[n+]1c(C=c2c(=O)c(=CC3N(CCOCCOC)c4ccccc4C3(C)C)c2=O)sc2cc([N+](=O)[O-])ccc21. The number of thiazole rings is 1. The Kier molecular flexibility index (Phi) is 7.67. The van der Waals surface area contributed by atoms with Crippen LogP contribution in [0.5, 0.6) is 0 Å². The zero-order valence-electron chi connectivity index (χ0n) is 23.0. The highest BCUT2D eigenvalue weighted by Crippen LogP contribution is 2.45. The first-order chi connectivity index (χ1) is 19.2. The Morgan fingerprint density at radius 2 is 1.85 bits per heavy atom. The van der Waals surface area contributed by atoms with E-state index in [0.29, 0.717) is 37.9 Å². The van der Waals surface area contributed by atoms with Crippen LogP contribution in [0.4, 0.5) is 11.4 Å². The molecule has 1 unspecified atom stereocenters. The fourth-order valence-corrected chi connectivity index (χ4v) is 6.77. The third-order valence-corrected chi connectivity index (χ3v) is 8.80. The van der Waals surface area contributed by atoms with Gasteiger partial charge < -0.3 is 14.4 Å². The summed E-state index contributed by atoms with van der Waals surface area (Å²) in [5.41, 5.74) is 2.18. The zero-order chi connectivity index (χ0) is 28.6. The van der Waals surface area contributed by atoms with Gasteiger partial charge in [0, 0.05) is 49.0 Å². The maximum Gasteiger partial charge on any atom is 0.271 e. The summed E-state index contributed by atoms with van der Waals surface area (Å²) in [6.07, 6.45) is 3.44. The summed E-state index contributed by atoms with van der Waals surface area (Å²) in [5.74, 6) is 0. The summed E-state index contributed by atoms with van der Waals surface area (Å²) in [6.45, 7) is 8.92. The van der Waals surface area contributed by atoms with E-state index < -0.39 is 4.92 Å². The molecule has 1 aliphatic rings. The molecular formula is C30H32N3O6S+. The average molecular weight is 563 g/mol. The number of anilines is 1. The number of benzene rings is 2. The van der Waals surface area contributed by atoms with Crippen LogP contribution in [-0.2, 0) is 21.4 Å². The molecule has 0 saturated heterocycles. The number of nitro groups is 1. The molecule has 0 radical (unpaired) electrons. The van der Waals surface area contributed by atoms with Gasteiger partial charge in [0.25, 0.3) is 10.7 Å². The predicted octanol–water partition coefficient (Wildman–Crippen LogP) is 2.15. The molecule has 1 atom stereocenters. The molecule has 9 nitrogen and oxygen atoms in total. The van der Waals surface area contributed by atoms with E-state index in [4.69, 9.17) is 9.47 Å². The lowest BCUT2D eigenvalue weighted by atomic mass is 9.80. The van der Waals surface area contributed by atoms with Crippen molar-refractivity contribution in [3.63, 3.8) is 0 Å². The molecular weight excluding hydrogens is 530 g/mol. The van der Waals surface area contributed by atoms with Crippen LogP contribution >= 0.6 is 11.3 Å². The number of nitrogens with zero attached hydrogens (tertiary/aromatic N) is 3. The van der Waals surface area contributed by atoms with Crippen LogP contribution in [0.3, 0.4) is 0 Å². The fourth-order valence-electron chi connectivity index (χ4n) is 5.57. The van der Waals surface area contributed by atoms with Crippen molar-refractivity contribution in [3.05, 3.63) is 94.0 Å². The Hall–Kier alpha value is -3.73. The van der Waals surface area contributed by atoms with E-state index in [1.807, 2.05) is 29.7 Å². The molecule has 208 valence electrons. The Bertz CT molecular complexity index is 1750. The van der Waals surface area contributed by atoms with Crippen LogP contribution < -0.4 is 30.8 Å². The first kappa shape index (κ1) is 27.8. The molecule has 0 aliphatic carbocycles. The molecule has 3 aromatic carbocycles. The molecule has 5 rings (SSSR count). The van der Waals surface area contributed by atoms with E-state index in [1.54, 1.807) is 19.3 Å². The average Bonchev–Trinajstić information content (AvgIpc) is 3.40. The minimum atomic E-state index is -0.429. The highest BCUT2D eigenvalue weighted by Gasteiger charge is 2.43. The maximum absolute atomic E-state index is 13.3. The van der Waals surface area contributed by atoms with Crippen molar-refractivity contribution in [3.8, 4) is 0 Å². The molecule has 4 aromatic rings. The summed E-state index contributed by atoms with van der Waals surface area (Å²) in [7, 11) is 1.63. The van der Waals surface area contributed by atoms with Gasteiger partial charge in [-0.2, -0.15) is 4.57 Å². The van der Waals surface area contributed by atoms with Crippen LogP contribution in [0, 0.1) is 10.1 Å². The molecule has 40 heavy (non-hydrogen) atoms. The second kappa shape index (κ2) is 11.0. The lowest BCUT2D eigenvalue weighted by Crippen LogP contribution is -2.65. The van der Waals surface area contributed by atoms with Gasteiger partial charge >= 0.3 is 0 Å². The molecule has 2 heterocycles. The van der Waals surface area contributed by atoms with Crippen molar-refractivity contribution in [1.29, 1.82) is 0 Å². The molecule has 0 N–H and O–H groups in total. The van der Waals surface area contributed by atoms with Crippen molar-refractivity contribution >= 4 is 45.1 Å². The number of nitro benzene ring substituents is 1. The van der Waals surface area contributed by atoms with Crippen LogP contribution in [0.1, 0.15) is 31.3 Å². The first-order valence-corrected chi connectivity index (χ1v) is 14.1. The smallest absolute Gasteiger partial charge is 0.271 e. The Balaban J connectivity index is 1.53. The molecule has 0 spiro atoms. The Morgan fingerprint density at radius 1 is 1.10 bits per heavy atom. The van der Waals surface area contributed by atoms with Crippen LogP contribution in [-0.4, -0.2) is 44.4 Å². The Labute approximate surface area is 235 Å². The maximum atomic E-state index is 13.3. The number of hydrogen-bond donors (Lipinski definition) is 0. The summed E-state index contributed by atoms with van der Waals surface area (Å²) in [4.78, 5) is 39.7. The third-order valence-electron chi connectivity index (χ3n) is 7.70. The normalized spacial score (nSPS) is 16.0. The van der Waals surface area contributed by atoms with Crippen molar-refractivity contribution in [2.75, 3.05) is 38.4 Å². The number of ether oxygens (including phenoxy) is 2. The molecule has 1 aromatic heterocycles. The highest BCUT2D eigenvalue weighted by molar-refractivity contribution is 7.18. The number of hydrogen-bond acceptors (Lipinski definition) is 8. The fraction of sp³-hybridized carbons (Fsp3) is 0.367. The number of fused-ring (bicyclic) bond motifs is 2. The van der Waals surface area contributed by atoms with Crippen LogP contribution in [0.2, 0.25) is 0 Å². The van der Waals surface area contributed by atoms with Crippen molar-refractivity contribution in [2.24, 2.45) is 0 Å². The van der Waals surface area contributed by atoms with E-state index in [-0.39, 0.29) is 38.4 Å². The second-order valence-corrected chi connectivity index (χ2v) is 11.4. The molecule has 0 fully saturated rings. The highest BCUT2D eigenvalue weighted by atomic mass is 32.1. The lowest BCUT2D eigenvalue weighted by Gasteiger charge is -2.32. The lowest BCUT2D eigenvalue weighted by molar-refractivity contribution is -0.665. The number of non-ortho nitro benzene ring substituents is 1. The summed E-state index contributed by atoms with van der Waals surface area (Å²) in [6, 6.07) is 12.7. The number of aromatic nitrogens is 1. The Morgan fingerprint density at radius 3 is 2.55 bits per heavy atom. The largest absolute Gasteiger partial charge is 0.382 e. The predicted molar refractivity (Wildman–Crippen MR) is 156 cm³/mol. The van der Waals surface area contributed by atoms with Crippen molar-refractivity contribution < 1.29 is 19.0 Å².